The number of carbonyl (C=O) groups is 4. The number of aliphatic carboxylic acids is 1. The predicted molar refractivity (Wildman–Crippen MR) is 102 cm³/mol. The van der Waals surface area contributed by atoms with Gasteiger partial charge in [-0.2, -0.15) is 0 Å². The Kier molecular flexibility index (Phi) is 5.54. The van der Waals surface area contributed by atoms with E-state index in [0.29, 0.717) is 4.90 Å². The smallest absolute Gasteiger partial charge is 0.341 e. The van der Waals surface area contributed by atoms with Crippen LogP contribution in [0.1, 0.15) is 5.56 Å². The van der Waals surface area contributed by atoms with Gasteiger partial charge >= 0.3 is 12.0 Å². The summed E-state index contributed by atoms with van der Waals surface area (Å²) in [4.78, 5) is 59.0. The van der Waals surface area contributed by atoms with E-state index in [9.17, 15) is 29.3 Å². The number of nitrogens with zero attached hydrogens (tertiary/aromatic N) is 2. The Morgan fingerprint density at radius 1 is 1.17 bits per heavy atom. The zero-order chi connectivity index (χ0) is 21.8. The molecule has 0 bridgehead atoms. The Bertz CT molecular complexity index is 1110. The quantitative estimate of drug-likeness (QED) is 0.315. The molecule has 1 heterocycles. The minimum atomic E-state index is -1.22. The van der Waals surface area contributed by atoms with Crippen molar-refractivity contribution in [3.63, 3.8) is 0 Å². The molecule has 152 valence electrons. The Morgan fingerprint density at radius 3 is 2.60 bits per heavy atom. The van der Waals surface area contributed by atoms with Crippen LogP contribution in [-0.2, 0) is 14.4 Å². The number of anilines is 1. The van der Waals surface area contributed by atoms with Crippen molar-refractivity contribution >= 4 is 41.3 Å². The first-order valence-electron chi connectivity index (χ1n) is 8.37. The molecule has 0 radical (unpaired) electrons. The van der Waals surface area contributed by atoms with E-state index in [4.69, 9.17) is 9.84 Å². The van der Waals surface area contributed by atoms with Crippen LogP contribution in [-0.4, -0.2) is 40.5 Å². The van der Waals surface area contributed by atoms with Crippen molar-refractivity contribution in [3.05, 3.63) is 69.8 Å². The second-order valence-corrected chi connectivity index (χ2v) is 5.96. The van der Waals surface area contributed by atoms with Crippen molar-refractivity contribution in [1.29, 1.82) is 0 Å². The van der Waals surface area contributed by atoms with Crippen LogP contribution in [0.15, 0.2) is 54.1 Å². The van der Waals surface area contributed by atoms with Gasteiger partial charge in [-0.25, -0.2) is 14.5 Å². The van der Waals surface area contributed by atoms with E-state index >= 15 is 0 Å². The molecule has 0 unspecified atom stereocenters. The molecule has 4 amide bonds. The van der Waals surface area contributed by atoms with Crippen LogP contribution < -0.4 is 15.0 Å². The van der Waals surface area contributed by atoms with Crippen LogP contribution in [0.3, 0.4) is 0 Å². The first kappa shape index (κ1) is 20.2. The van der Waals surface area contributed by atoms with Gasteiger partial charge in [0.2, 0.25) is 0 Å². The number of benzene rings is 2. The maximum atomic E-state index is 12.9. The number of rotatable bonds is 6. The molecule has 3 rings (SSSR count). The number of hydrogen-bond donors (Lipinski definition) is 2. The van der Waals surface area contributed by atoms with Crippen LogP contribution in [0.25, 0.3) is 6.08 Å². The minimum Gasteiger partial charge on any atom is -0.481 e. The van der Waals surface area contributed by atoms with Crippen LogP contribution >= 0.6 is 0 Å². The number of urea groups is 1. The summed E-state index contributed by atoms with van der Waals surface area (Å²) in [6, 6.07) is 9.84. The highest BCUT2D eigenvalue weighted by Crippen LogP contribution is 2.27. The number of ether oxygens (including phenoxy) is 1. The molecule has 0 spiro atoms. The second-order valence-electron chi connectivity index (χ2n) is 5.96. The van der Waals surface area contributed by atoms with Gasteiger partial charge in [0.25, 0.3) is 17.5 Å². The monoisotopic (exact) mass is 411 g/mol. The van der Waals surface area contributed by atoms with E-state index < -0.39 is 40.9 Å². The minimum absolute atomic E-state index is 0.0967. The Labute approximate surface area is 168 Å². The normalized spacial score (nSPS) is 15.1. The fourth-order valence-electron chi connectivity index (χ4n) is 2.66. The number of para-hydroxylation sites is 1. The topological polar surface area (TPSA) is 156 Å². The van der Waals surface area contributed by atoms with Gasteiger partial charge < -0.3 is 9.84 Å². The number of carboxylic acids is 1. The first-order chi connectivity index (χ1) is 14.3. The number of nitro benzene ring substituents is 1. The van der Waals surface area contributed by atoms with Crippen LogP contribution in [0.4, 0.5) is 16.2 Å². The SMILES string of the molecule is O=C(O)COc1ccccc1/C=C1\C(=O)NC(=O)N(c2cccc([N+](=O)[O-])c2)C1=O. The van der Waals surface area contributed by atoms with Crippen LogP contribution in [0.2, 0.25) is 0 Å². The lowest BCUT2D eigenvalue weighted by Gasteiger charge is -2.26. The molecule has 0 atom stereocenters. The zero-order valence-corrected chi connectivity index (χ0v) is 15.1. The van der Waals surface area contributed by atoms with Crippen molar-refractivity contribution in [2.24, 2.45) is 0 Å². The lowest BCUT2D eigenvalue weighted by Crippen LogP contribution is -2.54. The van der Waals surface area contributed by atoms with E-state index in [-0.39, 0.29) is 22.7 Å². The van der Waals surface area contributed by atoms with E-state index in [2.05, 4.69) is 0 Å². The molecule has 2 N–H and O–H groups in total. The van der Waals surface area contributed by atoms with Crippen LogP contribution in [0, 0.1) is 10.1 Å². The molecule has 1 aliphatic rings. The van der Waals surface area contributed by atoms with Crippen molar-refractivity contribution in [3.8, 4) is 5.75 Å². The van der Waals surface area contributed by atoms with Gasteiger partial charge in [-0.05, 0) is 18.2 Å². The molecule has 11 nitrogen and oxygen atoms in total. The Balaban J connectivity index is 2.00. The van der Waals surface area contributed by atoms with Gasteiger partial charge in [-0.1, -0.05) is 24.3 Å². The molecule has 11 heteroatoms. The average Bonchev–Trinajstić information content (AvgIpc) is 2.70. The lowest BCUT2D eigenvalue weighted by atomic mass is 10.1. The molecule has 1 aliphatic heterocycles. The van der Waals surface area contributed by atoms with Gasteiger partial charge in [0.15, 0.2) is 6.61 Å². The number of carboxylic acid groups (broad SMARTS) is 1. The summed E-state index contributed by atoms with van der Waals surface area (Å²) >= 11 is 0. The van der Waals surface area contributed by atoms with Crippen LogP contribution in [0.5, 0.6) is 5.75 Å². The van der Waals surface area contributed by atoms with E-state index in [1.807, 2.05) is 5.32 Å². The number of imide groups is 2. The molecule has 30 heavy (non-hydrogen) atoms. The maximum absolute atomic E-state index is 12.9. The predicted octanol–water partition coefficient (Wildman–Crippen LogP) is 1.72. The maximum Gasteiger partial charge on any atom is 0.341 e. The van der Waals surface area contributed by atoms with E-state index in [1.54, 1.807) is 12.1 Å². The van der Waals surface area contributed by atoms with Crippen molar-refractivity contribution in [1.82, 2.24) is 5.32 Å². The molecular weight excluding hydrogens is 398 g/mol. The summed E-state index contributed by atoms with van der Waals surface area (Å²) in [5.74, 6) is -3.09. The summed E-state index contributed by atoms with van der Waals surface area (Å²) in [5.41, 5.74) is -0.651. The number of nitro groups is 1. The summed E-state index contributed by atoms with van der Waals surface area (Å²) in [6.07, 6.45) is 1.14. The van der Waals surface area contributed by atoms with Gasteiger partial charge in [0.1, 0.15) is 11.3 Å². The van der Waals surface area contributed by atoms with Gasteiger partial charge in [-0.3, -0.25) is 25.0 Å². The first-order valence-corrected chi connectivity index (χ1v) is 8.37. The number of nitrogens with one attached hydrogen (secondary N) is 1. The second kappa shape index (κ2) is 8.22. The molecule has 0 aliphatic carbocycles. The number of barbiturate groups is 1. The lowest BCUT2D eigenvalue weighted by molar-refractivity contribution is -0.384. The zero-order valence-electron chi connectivity index (χ0n) is 15.1. The van der Waals surface area contributed by atoms with E-state index in [0.717, 1.165) is 12.1 Å². The third-order valence-electron chi connectivity index (χ3n) is 3.97. The number of amides is 4. The van der Waals surface area contributed by atoms with Gasteiger partial charge in [0, 0.05) is 17.7 Å². The van der Waals surface area contributed by atoms with Crippen molar-refractivity contribution < 1.29 is 33.9 Å². The highest BCUT2D eigenvalue weighted by Gasteiger charge is 2.37. The van der Waals surface area contributed by atoms with Gasteiger partial charge in [0.05, 0.1) is 10.6 Å². The Morgan fingerprint density at radius 2 is 1.90 bits per heavy atom. The fourth-order valence-corrected chi connectivity index (χ4v) is 2.66. The van der Waals surface area contributed by atoms with Crippen molar-refractivity contribution in [2.45, 2.75) is 0 Å². The highest BCUT2D eigenvalue weighted by molar-refractivity contribution is 6.39. The molecule has 0 saturated carbocycles. The molecule has 2 aromatic carbocycles. The summed E-state index contributed by atoms with van der Waals surface area (Å²) in [6.45, 7) is -0.640. The number of non-ortho nitro benzene ring substituents is 1. The van der Waals surface area contributed by atoms with Crippen molar-refractivity contribution in [2.75, 3.05) is 11.5 Å². The number of carbonyl (C=O) groups excluding carboxylic acids is 3. The largest absolute Gasteiger partial charge is 0.481 e. The Hall–Kier alpha value is -4.54. The molecule has 0 aromatic heterocycles. The standard InChI is InChI=1S/C19H13N3O8/c23-16(24)10-30-15-7-2-1-4-11(15)8-14-17(25)20-19(27)21(18(14)26)12-5-3-6-13(9-12)22(28)29/h1-9H,10H2,(H,23,24)(H,20,25,27)/b14-8+. The summed E-state index contributed by atoms with van der Waals surface area (Å²) in [7, 11) is 0. The fraction of sp³-hybridized carbons (Fsp3) is 0.0526. The average molecular weight is 411 g/mol. The summed E-state index contributed by atoms with van der Waals surface area (Å²) < 4.78 is 5.14. The third-order valence-corrected chi connectivity index (χ3v) is 3.97. The number of hydrogen-bond acceptors (Lipinski definition) is 7. The molecular formula is C19H13N3O8. The molecule has 2 aromatic rings. The third kappa shape index (κ3) is 4.14. The van der Waals surface area contributed by atoms with E-state index in [1.165, 1.54) is 30.3 Å². The molecule has 1 fully saturated rings. The van der Waals surface area contributed by atoms with Gasteiger partial charge in [-0.15, -0.1) is 0 Å². The summed E-state index contributed by atoms with van der Waals surface area (Å²) in [5, 5.41) is 21.8. The molecule has 1 saturated heterocycles. The highest BCUT2D eigenvalue weighted by atomic mass is 16.6.